The molecule has 6 aliphatic rings. The zero-order valence-electron chi connectivity index (χ0n) is 87.3. The fourth-order valence-corrected chi connectivity index (χ4v) is 20.9. The Morgan fingerprint density at radius 3 is 1.37 bits per heavy atom. The minimum Gasteiger partial charge on any atom is -0.481 e. The van der Waals surface area contributed by atoms with Gasteiger partial charge < -0.3 is 33.9 Å². The number of allylic oxidation sites excluding steroid dienone is 17. The Balaban J connectivity index is 0.000000751. The maximum absolute atomic E-state index is 11.4. The highest BCUT2D eigenvalue weighted by molar-refractivity contribution is 9.10. The third kappa shape index (κ3) is 46.8. The molecule has 4 saturated carbocycles. The molecule has 0 aromatic heterocycles. The van der Waals surface area contributed by atoms with Crippen molar-refractivity contribution < 1.29 is 62.7 Å². The van der Waals surface area contributed by atoms with Crippen LogP contribution in [0.2, 0.25) is 0 Å². The number of aliphatic carboxylic acids is 1. The van der Waals surface area contributed by atoms with Crippen LogP contribution in [0.4, 0.5) is 0 Å². The molecule has 1 aliphatic heterocycles. The van der Waals surface area contributed by atoms with Crippen LogP contribution < -0.4 is 0 Å². The number of carbonyl (C=O) groups is 6. The third-order valence-electron chi connectivity index (χ3n) is 27.5. The Kier molecular flexibility index (Phi) is 57.2. The monoisotopic (exact) mass is 2070 g/mol. The topological polar surface area (TPSA) is 189 Å². The van der Waals surface area contributed by atoms with Crippen molar-refractivity contribution in [2.75, 3.05) is 27.4 Å². The molecule has 0 amide bonds. The van der Waals surface area contributed by atoms with Gasteiger partial charge in [0.1, 0.15) is 12.2 Å². The van der Waals surface area contributed by atoms with Crippen molar-refractivity contribution >= 4 is 99.5 Å². The first-order chi connectivity index (χ1) is 60.7. The number of carbonyl (C=O) groups excluding carboxylic acids is 5. The van der Waals surface area contributed by atoms with Crippen LogP contribution in [0.1, 0.15) is 369 Å². The molecule has 11 atom stereocenters. The summed E-state index contributed by atoms with van der Waals surface area (Å²) >= 11 is 15.1. The van der Waals surface area contributed by atoms with Gasteiger partial charge in [0.15, 0.2) is 0 Å². The van der Waals surface area contributed by atoms with Gasteiger partial charge in [-0.25, -0.2) is 9.59 Å². The maximum atomic E-state index is 11.4. The maximum Gasteiger partial charge on any atom is 0.330 e. The minimum absolute atomic E-state index is 0.0211. The molecule has 131 heavy (non-hydrogen) atoms. The Labute approximate surface area is 831 Å². The fraction of sp³-hybridized carbons (Fsp3) is 0.649. The number of halogens is 4. The predicted molar refractivity (Wildman–Crippen MR) is 567 cm³/mol. The molecule has 8 rings (SSSR count). The average Bonchev–Trinajstić information content (AvgIpc) is 1.46. The Bertz CT molecular complexity index is 4220. The Morgan fingerprint density at radius 1 is 0.473 bits per heavy atom. The first-order valence-electron chi connectivity index (χ1n) is 48.2. The van der Waals surface area contributed by atoms with Gasteiger partial charge >= 0.3 is 35.8 Å². The van der Waals surface area contributed by atoms with Crippen LogP contribution in [0.3, 0.4) is 0 Å². The molecule has 5 fully saturated rings. The van der Waals surface area contributed by atoms with Crippen LogP contribution in [0.5, 0.6) is 0 Å². The summed E-state index contributed by atoms with van der Waals surface area (Å²) in [6, 6.07) is 16.0. The summed E-state index contributed by atoms with van der Waals surface area (Å²) in [7, 11) is 2.81. The first kappa shape index (κ1) is 123. The summed E-state index contributed by atoms with van der Waals surface area (Å²) in [5.41, 5.74) is 21.8. The van der Waals surface area contributed by atoms with Crippen LogP contribution in [0.15, 0.2) is 171 Å². The number of carboxylic acid groups (broad SMARTS) is 1. The lowest BCUT2D eigenvalue weighted by Gasteiger charge is -2.56. The number of alkyl halides is 4. The van der Waals surface area contributed by atoms with Gasteiger partial charge in [0.05, 0.1) is 39.3 Å². The summed E-state index contributed by atoms with van der Waals surface area (Å²) < 4.78 is 24.6. The van der Waals surface area contributed by atoms with Crippen molar-refractivity contribution in [2.45, 2.75) is 404 Å². The molecule has 0 radical (unpaired) electrons. The van der Waals surface area contributed by atoms with Gasteiger partial charge in [-0.1, -0.05) is 290 Å². The van der Waals surface area contributed by atoms with Crippen LogP contribution in [-0.4, -0.2) is 104 Å². The van der Waals surface area contributed by atoms with Crippen molar-refractivity contribution in [1.29, 1.82) is 0 Å². The van der Waals surface area contributed by atoms with Gasteiger partial charge in [-0.2, -0.15) is 0 Å². The third-order valence-corrected chi connectivity index (χ3v) is 34.1. The highest BCUT2D eigenvalue weighted by atomic mass is 79.9. The van der Waals surface area contributed by atoms with Crippen molar-refractivity contribution in [3.05, 3.63) is 199 Å². The highest BCUT2D eigenvalue weighted by Gasteiger charge is 2.58. The highest BCUT2D eigenvalue weighted by Crippen LogP contribution is 2.60. The van der Waals surface area contributed by atoms with E-state index in [4.69, 9.17) is 19.3 Å². The van der Waals surface area contributed by atoms with Gasteiger partial charge in [0.25, 0.3) is 0 Å². The number of esters is 5. The molecule has 2 N–H and O–H groups in total. The van der Waals surface area contributed by atoms with Crippen LogP contribution in [0.25, 0.3) is 0 Å². The van der Waals surface area contributed by atoms with Gasteiger partial charge in [-0.05, 0) is 340 Å². The number of hydrogen-bond donors (Lipinski definition) is 2. The zero-order valence-corrected chi connectivity index (χ0v) is 93.7. The van der Waals surface area contributed by atoms with E-state index < -0.39 is 11.6 Å². The number of aryl methyl sites for hydroxylation is 4. The van der Waals surface area contributed by atoms with Crippen LogP contribution in [-0.2, 0) is 70.7 Å². The summed E-state index contributed by atoms with van der Waals surface area (Å²) in [5, 5.41) is 18.8. The second-order valence-corrected chi connectivity index (χ2v) is 46.4. The lowest BCUT2D eigenvalue weighted by Crippen LogP contribution is -2.53. The van der Waals surface area contributed by atoms with Gasteiger partial charge in [0, 0.05) is 57.1 Å². The van der Waals surface area contributed by atoms with Crippen molar-refractivity contribution in [1.82, 2.24) is 0 Å². The normalized spacial score (nSPS) is 24.3. The van der Waals surface area contributed by atoms with Crippen molar-refractivity contribution in [3.8, 4) is 0 Å². The molecule has 17 heteroatoms. The molecule has 1 heterocycles. The summed E-state index contributed by atoms with van der Waals surface area (Å²) in [5.74, 6) is -0.202. The Hall–Kier alpha value is -5.72. The minimum atomic E-state index is -0.762. The number of carboxylic acids is 1. The molecule has 1 saturated heterocycles. The molecular formula is C114H178Br4O13. The summed E-state index contributed by atoms with van der Waals surface area (Å²) in [4.78, 5) is 67.2. The number of ether oxygens (including phenoxy) is 5. The SMILES string of the molecule is C=C1CC[C@H](Br)C(C)(C)[C@@H]1CC/C(C)=C/C(=O)OC.CC(=O)OC/C=C(\C)CCC=C(C)C.CC(=O)OC[C@H]1C(C)(C)[C@@H](Br)CC[C@]1(C)O.CC(C)=CCC/C(C)=C/CC(=O)O.CC(C)=CCC/C(C)=C/CCc1ccc(C)cc1.CC1(C)[C@@H](Br)CC[C@]2(C)OC(=O)C[C@@H]12.COC(=O)/C=C(\C)CC/C=C(\C)CCC=C(C)C.Cc1ccc2c(c1)[C@@]1(C)CC[C@H](Br)C(C)(C)[C@@H]1CC2. The molecule has 0 unspecified atom stereocenters. The van der Waals surface area contributed by atoms with E-state index >= 15 is 0 Å². The van der Waals surface area contributed by atoms with E-state index in [2.05, 4.69) is 318 Å². The van der Waals surface area contributed by atoms with E-state index in [9.17, 15) is 33.9 Å². The lowest BCUT2D eigenvalue weighted by atomic mass is 9.50. The van der Waals surface area contributed by atoms with Crippen LogP contribution in [0, 0.1) is 59.2 Å². The smallest absolute Gasteiger partial charge is 0.330 e. The number of hydrogen-bond acceptors (Lipinski definition) is 12. The molecular weight excluding hydrogens is 1900 g/mol. The van der Waals surface area contributed by atoms with Crippen LogP contribution >= 0.6 is 63.7 Å². The largest absolute Gasteiger partial charge is 0.481 e. The van der Waals surface area contributed by atoms with Gasteiger partial charge in [0.2, 0.25) is 0 Å². The second kappa shape index (κ2) is 60.8. The van der Waals surface area contributed by atoms with Crippen molar-refractivity contribution in [3.63, 3.8) is 0 Å². The first-order valence-corrected chi connectivity index (χ1v) is 51.9. The molecule has 0 spiro atoms. The van der Waals surface area contributed by atoms with E-state index in [-0.39, 0.29) is 70.6 Å². The number of rotatable bonds is 29. The summed E-state index contributed by atoms with van der Waals surface area (Å²) in [6.07, 6.45) is 47.3. The number of fused-ring (bicyclic) bond motifs is 4. The van der Waals surface area contributed by atoms with Crippen molar-refractivity contribution in [2.24, 2.45) is 45.3 Å². The number of aliphatic hydroxyl groups is 1. The molecule has 2 aromatic carbocycles. The number of methoxy groups -OCH3 is 2. The molecule has 0 bridgehead atoms. The van der Waals surface area contributed by atoms with E-state index in [0.717, 1.165) is 132 Å². The standard InChI is InChI=1S/C18H25Br.C18H26.C16H25BrO2.C16H26O2.C12H21BrO3.C12H20O2.C11H17BrO2.C11H18O2/c1-12-5-6-13-7-8-15-17(2,3)16(19)9-10-18(15,4)14(13)11-12;1-15(2)7-5-8-16(3)9-6-10-18-13-11-17(4)12-14-18;1-11(10-15(18)19-5)6-8-13-12(2)7-9-14(17)16(13,3)4;1-13(2)8-6-9-14(3)10-7-11-15(4)12-16(17)18-5;1-8(14)16-7-9-11(2,3)10(13)5-6-12(9,4)15;1-10(2)6-5-7-11(3)8-9-14-12(4)13;1-10(2)7-6-9(13)14-11(7,3)5-4-8(10)12;1-9(2)5-4-6-10(3)7-8-11(12)13/h5-6,11,15-16H,7-10H2,1-4H3;7,9,11-14H,5-6,8,10H2,1-4H3;10,13-14H,2,6-9H2,1,3-5H3;8,10,12H,6-7,9,11H2,1-5H3;9-10,15H,5-7H2,1-4H3;6,8H,5,7,9H2,1-4H3;7-8H,4-6H2,1-3H3;5,7H,4,6,8H2,1-3H3,(H,12,13)/b;16-9+;11-10+;14-10+,15-12+;;11-8+;;10-7+/t15-,16-,18+;;13-,14+;;9-,10-,12-;;7-,8-,11-;/m0.1.0.0./s1. The van der Waals surface area contributed by atoms with Gasteiger partial charge in [-0.3, -0.25) is 19.2 Å². The number of benzene rings is 2. The van der Waals surface area contributed by atoms with E-state index in [0.29, 0.717) is 55.0 Å². The van der Waals surface area contributed by atoms with E-state index in [1.807, 2.05) is 33.8 Å². The lowest BCUT2D eigenvalue weighted by molar-refractivity contribution is -0.154. The second-order valence-electron chi connectivity index (χ2n) is 42.0. The quantitative estimate of drug-likeness (QED) is 0.0258. The van der Waals surface area contributed by atoms with E-state index in [1.165, 1.54) is 134 Å². The Morgan fingerprint density at radius 2 is 0.893 bits per heavy atom. The molecule has 740 valence electrons. The van der Waals surface area contributed by atoms with Gasteiger partial charge in [-0.15, -0.1) is 0 Å². The molecule has 5 aliphatic carbocycles. The predicted octanol–water partition coefficient (Wildman–Crippen LogP) is 32.0. The molecule has 13 nitrogen and oxygen atoms in total. The zero-order chi connectivity index (χ0) is 100. The molecule has 2 aromatic rings. The fourth-order valence-electron chi connectivity index (χ4n) is 18.7. The average molecular weight is 2080 g/mol. The van der Waals surface area contributed by atoms with E-state index in [1.54, 1.807) is 29.4 Å². The summed E-state index contributed by atoms with van der Waals surface area (Å²) in [6.45, 7) is 66.1.